The summed E-state index contributed by atoms with van der Waals surface area (Å²) in [6.45, 7) is 9.49. The Balaban J connectivity index is 4.20. The van der Waals surface area contributed by atoms with Crippen molar-refractivity contribution in [2.24, 2.45) is 0 Å². The maximum atomic E-state index is 4.35. The molecule has 1 unspecified atom stereocenters. The molecule has 104 valence electrons. The van der Waals surface area contributed by atoms with E-state index in [2.05, 4.69) is 38.3 Å². The van der Waals surface area contributed by atoms with Crippen molar-refractivity contribution >= 4 is 12.6 Å². The monoisotopic (exact) mass is 259 g/mol. The van der Waals surface area contributed by atoms with Crippen LogP contribution in [0.5, 0.6) is 0 Å². The molecule has 0 amide bonds. The van der Waals surface area contributed by atoms with Gasteiger partial charge >= 0.3 is 0 Å². The number of unbranched alkanes of at least 4 members (excludes halogenated alkanes) is 2. The largest absolute Gasteiger partial charge is 0.300 e. The summed E-state index contributed by atoms with van der Waals surface area (Å²) in [5, 5.41) is 0. The SMILES string of the molecule is CCCCN(CCCC)C(CCC)CCCS. The molecule has 0 bridgehead atoms. The number of rotatable bonds is 12. The molecule has 1 atom stereocenters. The van der Waals surface area contributed by atoms with Crippen molar-refractivity contribution in [1.29, 1.82) is 0 Å². The van der Waals surface area contributed by atoms with Gasteiger partial charge in [0.2, 0.25) is 0 Å². The van der Waals surface area contributed by atoms with E-state index >= 15 is 0 Å². The molecule has 1 nitrogen and oxygen atoms in total. The molecular formula is C15H33NS. The topological polar surface area (TPSA) is 3.24 Å². The Bertz CT molecular complexity index is 142. The van der Waals surface area contributed by atoms with Crippen molar-refractivity contribution < 1.29 is 0 Å². The fourth-order valence-electron chi connectivity index (χ4n) is 2.37. The molecule has 0 aromatic carbocycles. The van der Waals surface area contributed by atoms with E-state index in [1.54, 1.807) is 0 Å². The first-order chi connectivity index (χ1) is 8.29. The zero-order valence-electron chi connectivity index (χ0n) is 12.2. The smallest absolute Gasteiger partial charge is 0.00954 e. The van der Waals surface area contributed by atoms with Gasteiger partial charge in [-0.25, -0.2) is 0 Å². The van der Waals surface area contributed by atoms with E-state index in [-0.39, 0.29) is 0 Å². The quantitative estimate of drug-likeness (QED) is 0.494. The number of thiol groups is 1. The van der Waals surface area contributed by atoms with Gasteiger partial charge in [0.25, 0.3) is 0 Å². The Morgan fingerprint density at radius 2 is 1.41 bits per heavy atom. The molecule has 0 radical (unpaired) electrons. The van der Waals surface area contributed by atoms with E-state index < -0.39 is 0 Å². The highest BCUT2D eigenvalue weighted by atomic mass is 32.1. The molecule has 0 aromatic rings. The van der Waals surface area contributed by atoms with Crippen molar-refractivity contribution in [3.63, 3.8) is 0 Å². The maximum Gasteiger partial charge on any atom is 0.00954 e. The molecule has 0 saturated heterocycles. The van der Waals surface area contributed by atoms with Gasteiger partial charge in [0, 0.05) is 6.04 Å². The Kier molecular flexibility index (Phi) is 13.0. The number of hydrogen-bond acceptors (Lipinski definition) is 2. The van der Waals surface area contributed by atoms with Crippen molar-refractivity contribution in [3.05, 3.63) is 0 Å². The molecule has 0 rings (SSSR count). The third-order valence-corrected chi connectivity index (χ3v) is 3.75. The van der Waals surface area contributed by atoms with Gasteiger partial charge in [0.05, 0.1) is 0 Å². The molecule has 0 N–H and O–H groups in total. The zero-order chi connectivity index (χ0) is 12.9. The highest BCUT2D eigenvalue weighted by Crippen LogP contribution is 2.15. The van der Waals surface area contributed by atoms with Crippen LogP contribution in [-0.4, -0.2) is 29.8 Å². The third-order valence-electron chi connectivity index (χ3n) is 3.43. The summed E-state index contributed by atoms with van der Waals surface area (Å²) in [4.78, 5) is 2.75. The second kappa shape index (κ2) is 12.8. The molecule has 2 heteroatoms. The van der Waals surface area contributed by atoms with Gasteiger partial charge in [-0.3, -0.25) is 0 Å². The highest BCUT2D eigenvalue weighted by Gasteiger charge is 2.16. The summed E-state index contributed by atoms with van der Waals surface area (Å²) >= 11 is 4.35. The molecule has 0 spiro atoms. The van der Waals surface area contributed by atoms with Gasteiger partial charge < -0.3 is 4.90 Å². The summed E-state index contributed by atoms with van der Waals surface area (Å²) in [7, 11) is 0. The minimum Gasteiger partial charge on any atom is -0.300 e. The van der Waals surface area contributed by atoms with Crippen LogP contribution in [-0.2, 0) is 0 Å². The van der Waals surface area contributed by atoms with Gasteiger partial charge in [0.1, 0.15) is 0 Å². The lowest BCUT2D eigenvalue weighted by atomic mass is 10.0. The van der Waals surface area contributed by atoms with E-state index in [0.29, 0.717) is 0 Å². The van der Waals surface area contributed by atoms with Crippen molar-refractivity contribution in [2.45, 2.75) is 78.2 Å². The van der Waals surface area contributed by atoms with Crippen LogP contribution in [0.1, 0.15) is 72.1 Å². The van der Waals surface area contributed by atoms with Gasteiger partial charge in [-0.15, -0.1) is 0 Å². The van der Waals surface area contributed by atoms with Crippen LogP contribution in [0.4, 0.5) is 0 Å². The normalized spacial score (nSPS) is 13.2. The summed E-state index contributed by atoms with van der Waals surface area (Å²) in [6, 6.07) is 0.810. The fraction of sp³-hybridized carbons (Fsp3) is 1.00. The van der Waals surface area contributed by atoms with Crippen LogP contribution >= 0.6 is 12.6 Å². The Morgan fingerprint density at radius 1 is 0.824 bits per heavy atom. The zero-order valence-corrected chi connectivity index (χ0v) is 13.1. The van der Waals surface area contributed by atoms with Crippen molar-refractivity contribution in [2.75, 3.05) is 18.8 Å². The molecule has 0 aliphatic heterocycles. The van der Waals surface area contributed by atoms with Gasteiger partial charge in [0.15, 0.2) is 0 Å². The van der Waals surface area contributed by atoms with Crippen LogP contribution in [0.2, 0.25) is 0 Å². The first-order valence-corrected chi connectivity index (χ1v) is 8.28. The molecule has 0 aromatic heterocycles. The minimum absolute atomic E-state index is 0.810. The average molecular weight is 260 g/mol. The molecule has 0 saturated carbocycles. The second-order valence-electron chi connectivity index (χ2n) is 5.05. The molecule has 0 aliphatic rings. The van der Waals surface area contributed by atoms with Crippen LogP contribution in [0.3, 0.4) is 0 Å². The van der Waals surface area contributed by atoms with Crippen LogP contribution in [0, 0.1) is 0 Å². The predicted octanol–water partition coefficient (Wildman–Crippen LogP) is 4.77. The minimum atomic E-state index is 0.810. The second-order valence-corrected chi connectivity index (χ2v) is 5.50. The van der Waals surface area contributed by atoms with Gasteiger partial charge in [-0.2, -0.15) is 12.6 Å². The van der Waals surface area contributed by atoms with Crippen molar-refractivity contribution in [1.82, 2.24) is 4.90 Å². The van der Waals surface area contributed by atoms with E-state index in [1.807, 2.05) is 0 Å². The van der Waals surface area contributed by atoms with Gasteiger partial charge in [-0.1, -0.05) is 40.0 Å². The molecule has 0 aliphatic carbocycles. The Labute approximate surface area is 115 Å². The summed E-state index contributed by atoms with van der Waals surface area (Å²) < 4.78 is 0. The van der Waals surface area contributed by atoms with E-state index in [4.69, 9.17) is 0 Å². The average Bonchev–Trinajstić information content (AvgIpc) is 2.35. The molecule has 0 fully saturated rings. The standard InChI is InChI=1S/C15H33NS/c1-4-7-12-16(13-8-5-2)15(10-6-3)11-9-14-17/h15,17H,4-14H2,1-3H3. The third kappa shape index (κ3) is 8.96. The Hall–Kier alpha value is 0.310. The highest BCUT2D eigenvalue weighted by molar-refractivity contribution is 7.80. The molecule has 17 heavy (non-hydrogen) atoms. The van der Waals surface area contributed by atoms with Crippen LogP contribution in [0.15, 0.2) is 0 Å². The van der Waals surface area contributed by atoms with Crippen molar-refractivity contribution in [3.8, 4) is 0 Å². The van der Waals surface area contributed by atoms with E-state index in [1.165, 1.54) is 64.5 Å². The lowest BCUT2D eigenvalue weighted by Crippen LogP contribution is -2.37. The first kappa shape index (κ1) is 17.3. The summed E-state index contributed by atoms with van der Waals surface area (Å²) in [5.41, 5.74) is 0. The lowest BCUT2D eigenvalue weighted by molar-refractivity contribution is 0.170. The molecule has 0 heterocycles. The first-order valence-electron chi connectivity index (χ1n) is 7.64. The number of nitrogens with zero attached hydrogens (tertiary/aromatic N) is 1. The predicted molar refractivity (Wildman–Crippen MR) is 83.2 cm³/mol. The van der Waals surface area contributed by atoms with Gasteiger partial charge in [-0.05, 0) is 50.9 Å². The lowest BCUT2D eigenvalue weighted by Gasteiger charge is -2.31. The van der Waals surface area contributed by atoms with E-state index in [0.717, 1.165) is 11.8 Å². The van der Waals surface area contributed by atoms with Crippen LogP contribution in [0.25, 0.3) is 0 Å². The molecular weight excluding hydrogens is 226 g/mol. The van der Waals surface area contributed by atoms with Crippen LogP contribution < -0.4 is 0 Å². The summed E-state index contributed by atoms with van der Waals surface area (Å²) in [5.74, 6) is 1.04. The Morgan fingerprint density at radius 3 is 1.82 bits per heavy atom. The maximum absolute atomic E-state index is 4.35. The fourth-order valence-corrected chi connectivity index (χ4v) is 2.55. The number of hydrogen-bond donors (Lipinski definition) is 1. The van der Waals surface area contributed by atoms with E-state index in [9.17, 15) is 0 Å². The summed E-state index contributed by atoms with van der Waals surface area (Å²) in [6.07, 6.45) is 10.6.